The Morgan fingerprint density at radius 1 is 1.07 bits per heavy atom. The zero-order valence-corrected chi connectivity index (χ0v) is 9.87. The van der Waals surface area contributed by atoms with Gasteiger partial charge in [0.15, 0.2) is 0 Å². The van der Waals surface area contributed by atoms with E-state index in [9.17, 15) is 5.11 Å². The van der Waals surface area contributed by atoms with Gasteiger partial charge in [-0.05, 0) is 37.3 Å². The lowest BCUT2D eigenvalue weighted by Gasteiger charge is -2.05. The first kappa shape index (κ1) is 12.3. The van der Waals surface area contributed by atoms with Gasteiger partial charge >= 0.3 is 0 Å². The van der Waals surface area contributed by atoms with Crippen LogP contribution in [0.3, 0.4) is 0 Å². The van der Waals surface area contributed by atoms with Crippen molar-refractivity contribution in [2.45, 2.75) is 52.1 Å². The molecule has 1 aromatic carbocycles. The predicted molar refractivity (Wildman–Crippen MR) is 65.1 cm³/mol. The molecule has 0 amide bonds. The average molecular weight is 206 g/mol. The van der Waals surface area contributed by atoms with E-state index in [2.05, 4.69) is 31.2 Å². The summed E-state index contributed by atoms with van der Waals surface area (Å²) < 4.78 is 0. The van der Waals surface area contributed by atoms with Crippen LogP contribution in [0.25, 0.3) is 0 Å². The van der Waals surface area contributed by atoms with Crippen LogP contribution in [0.1, 0.15) is 44.2 Å². The smallest absolute Gasteiger partial charge is 0.0552 e. The third-order valence-corrected chi connectivity index (χ3v) is 2.62. The Hall–Kier alpha value is -0.820. The summed E-state index contributed by atoms with van der Waals surface area (Å²) in [7, 11) is 0. The molecule has 0 aliphatic heterocycles. The topological polar surface area (TPSA) is 20.2 Å². The van der Waals surface area contributed by atoms with E-state index >= 15 is 0 Å². The van der Waals surface area contributed by atoms with Crippen LogP contribution in [0.5, 0.6) is 0 Å². The fourth-order valence-corrected chi connectivity index (χ4v) is 1.76. The molecule has 0 aliphatic rings. The molecule has 0 bridgehead atoms. The highest BCUT2D eigenvalue weighted by atomic mass is 16.3. The van der Waals surface area contributed by atoms with Gasteiger partial charge in [0.05, 0.1) is 6.10 Å². The van der Waals surface area contributed by atoms with E-state index in [1.165, 1.54) is 36.8 Å². The van der Waals surface area contributed by atoms with E-state index < -0.39 is 0 Å². The van der Waals surface area contributed by atoms with Crippen LogP contribution in [-0.2, 0) is 12.8 Å². The molecule has 1 unspecified atom stereocenters. The van der Waals surface area contributed by atoms with Crippen LogP contribution in [-0.4, -0.2) is 11.2 Å². The lowest BCUT2D eigenvalue weighted by Crippen LogP contribution is -2.03. The van der Waals surface area contributed by atoms with E-state index in [4.69, 9.17) is 0 Å². The van der Waals surface area contributed by atoms with E-state index in [1.807, 2.05) is 6.92 Å². The number of aliphatic hydroxyl groups is 1. The Balaban J connectivity index is 2.42. The molecule has 1 nitrogen and oxygen atoms in total. The van der Waals surface area contributed by atoms with Crippen molar-refractivity contribution < 1.29 is 5.11 Å². The van der Waals surface area contributed by atoms with E-state index in [-0.39, 0.29) is 6.10 Å². The van der Waals surface area contributed by atoms with Gasteiger partial charge in [-0.1, -0.05) is 44.0 Å². The van der Waals surface area contributed by atoms with Crippen LogP contribution < -0.4 is 0 Å². The second-order valence-electron chi connectivity index (χ2n) is 4.33. The molecule has 1 N–H and O–H groups in total. The number of hydrogen-bond acceptors (Lipinski definition) is 1. The molecule has 0 heterocycles. The summed E-state index contributed by atoms with van der Waals surface area (Å²) in [6.07, 6.45) is 5.58. The summed E-state index contributed by atoms with van der Waals surface area (Å²) in [5.41, 5.74) is 2.64. The van der Waals surface area contributed by atoms with Crippen molar-refractivity contribution in [2.75, 3.05) is 0 Å². The predicted octanol–water partition coefficient (Wildman–Crippen LogP) is 3.34. The summed E-state index contributed by atoms with van der Waals surface area (Å²) >= 11 is 0. The highest BCUT2D eigenvalue weighted by Crippen LogP contribution is 2.10. The maximum absolute atomic E-state index is 9.25. The summed E-state index contributed by atoms with van der Waals surface area (Å²) in [6.45, 7) is 4.06. The third kappa shape index (κ3) is 4.98. The maximum atomic E-state index is 9.25. The van der Waals surface area contributed by atoms with Gasteiger partial charge in [0.1, 0.15) is 0 Å². The van der Waals surface area contributed by atoms with Crippen molar-refractivity contribution in [3.8, 4) is 0 Å². The Bertz CT molecular complexity index is 261. The first-order valence-corrected chi connectivity index (χ1v) is 5.98. The van der Waals surface area contributed by atoms with Gasteiger partial charge in [-0.2, -0.15) is 0 Å². The molecule has 0 spiro atoms. The number of rotatable bonds is 6. The van der Waals surface area contributed by atoms with E-state index in [0.29, 0.717) is 0 Å². The normalized spacial score (nSPS) is 12.7. The molecule has 0 aliphatic carbocycles. The van der Waals surface area contributed by atoms with Crippen molar-refractivity contribution in [1.29, 1.82) is 0 Å². The number of benzene rings is 1. The van der Waals surface area contributed by atoms with E-state index in [1.54, 1.807) is 0 Å². The van der Waals surface area contributed by atoms with Crippen LogP contribution >= 0.6 is 0 Å². The average Bonchev–Trinajstić information content (AvgIpc) is 2.20. The zero-order chi connectivity index (χ0) is 11.1. The van der Waals surface area contributed by atoms with Gasteiger partial charge in [0, 0.05) is 0 Å². The lowest BCUT2D eigenvalue weighted by molar-refractivity contribution is 0.195. The van der Waals surface area contributed by atoms with Crippen molar-refractivity contribution in [1.82, 2.24) is 0 Å². The lowest BCUT2D eigenvalue weighted by atomic mass is 10.0. The monoisotopic (exact) mass is 206 g/mol. The summed E-state index contributed by atoms with van der Waals surface area (Å²) in [6, 6.07) is 8.64. The molecule has 1 heteroatoms. The van der Waals surface area contributed by atoms with Gasteiger partial charge < -0.3 is 5.11 Å². The highest BCUT2D eigenvalue weighted by molar-refractivity contribution is 5.23. The highest BCUT2D eigenvalue weighted by Gasteiger charge is 1.99. The molecule has 0 aromatic heterocycles. The van der Waals surface area contributed by atoms with Crippen molar-refractivity contribution >= 4 is 0 Å². The van der Waals surface area contributed by atoms with Crippen molar-refractivity contribution in [2.24, 2.45) is 0 Å². The first-order valence-electron chi connectivity index (χ1n) is 5.98. The SMILES string of the molecule is CCCCCc1ccc(CC(C)O)cc1. The molecule has 1 rings (SSSR count). The minimum absolute atomic E-state index is 0.240. The van der Waals surface area contributed by atoms with Crippen LogP contribution in [0.15, 0.2) is 24.3 Å². The summed E-state index contributed by atoms with van der Waals surface area (Å²) in [5.74, 6) is 0. The Kier molecular flexibility index (Phi) is 5.41. The second-order valence-corrected chi connectivity index (χ2v) is 4.33. The van der Waals surface area contributed by atoms with Gasteiger partial charge in [0.2, 0.25) is 0 Å². The van der Waals surface area contributed by atoms with Gasteiger partial charge in [-0.25, -0.2) is 0 Å². The fourth-order valence-electron chi connectivity index (χ4n) is 1.76. The molecular weight excluding hydrogens is 184 g/mol. The van der Waals surface area contributed by atoms with Gasteiger partial charge in [-0.15, -0.1) is 0 Å². The minimum Gasteiger partial charge on any atom is -0.393 e. The number of unbranched alkanes of at least 4 members (excludes halogenated alkanes) is 2. The molecule has 84 valence electrons. The first-order chi connectivity index (χ1) is 7.22. The van der Waals surface area contributed by atoms with Crippen LogP contribution in [0, 0.1) is 0 Å². The Morgan fingerprint density at radius 3 is 2.20 bits per heavy atom. The molecule has 0 fully saturated rings. The number of aryl methyl sites for hydroxylation is 1. The molecular formula is C14H22O. The Labute approximate surface area is 93.1 Å². The quantitative estimate of drug-likeness (QED) is 0.708. The van der Waals surface area contributed by atoms with E-state index in [0.717, 1.165) is 6.42 Å². The molecule has 1 aromatic rings. The largest absolute Gasteiger partial charge is 0.393 e. The zero-order valence-electron chi connectivity index (χ0n) is 9.87. The molecule has 0 radical (unpaired) electrons. The molecule has 15 heavy (non-hydrogen) atoms. The molecule has 1 atom stereocenters. The second kappa shape index (κ2) is 6.62. The fraction of sp³-hybridized carbons (Fsp3) is 0.571. The van der Waals surface area contributed by atoms with Crippen molar-refractivity contribution in [3.05, 3.63) is 35.4 Å². The maximum Gasteiger partial charge on any atom is 0.0552 e. The standard InChI is InChI=1S/C14H22O/c1-3-4-5-6-13-7-9-14(10-8-13)11-12(2)15/h7-10,12,15H,3-6,11H2,1-2H3. The van der Waals surface area contributed by atoms with Gasteiger partial charge in [0.25, 0.3) is 0 Å². The molecule has 0 saturated heterocycles. The minimum atomic E-state index is -0.240. The number of hydrogen-bond donors (Lipinski definition) is 1. The van der Waals surface area contributed by atoms with Gasteiger partial charge in [-0.3, -0.25) is 0 Å². The van der Waals surface area contributed by atoms with Crippen LogP contribution in [0.4, 0.5) is 0 Å². The third-order valence-electron chi connectivity index (χ3n) is 2.62. The summed E-state index contributed by atoms with van der Waals surface area (Å²) in [5, 5.41) is 9.25. The Morgan fingerprint density at radius 2 is 1.67 bits per heavy atom. The molecule has 0 saturated carbocycles. The van der Waals surface area contributed by atoms with Crippen LogP contribution in [0.2, 0.25) is 0 Å². The summed E-state index contributed by atoms with van der Waals surface area (Å²) in [4.78, 5) is 0. The number of aliphatic hydroxyl groups excluding tert-OH is 1. The van der Waals surface area contributed by atoms with Crippen molar-refractivity contribution in [3.63, 3.8) is 0 Å².